The van der Waals surface area contributed by atoms with E-state index in [1.807, 2.05) is 12.1 Å². The second-order valence-corrected chi connectivity index (χ2v) is 13.7. The Kier molecular flexibility index (Phi) is 7.69. The summed E-state index contributed by atoms with van der Waals surface area (Å²) < 4.78 is 0. The highest BCUT2D eigenvalue weighted by molar-refractivity contribution is 5.92. The number of hydrogen-bond donors (Lipinski definition) is 4. The number of carbonyl (C=O) groups is 2. The molecule has 0 radical (unpaired) electrons. The van der Waals surface area contributed by atoms with Crippen LogP contribution in [-0.2, 0) is 9.59 Å². The second-order valence-electron chi connectivity index (χ2n) is 13.7. The van der Waals surface area contributed by atoms with Crippen molar-refractivity contribution in [3.05, 3.63) is 24.3 Å². The minimum absolute atomic E-state index is 0.0128. The molecule has 4 N–H and O–H groups in total. The summed E-state index contributed by atoms with van der Waals surface area (Å²) in [5, 5.41) is 27.8. The van der Waals surface area contributed by atoms with Gasteiger partial charge in [-0.05, 0) is 128 Å². The molecule has 0 spiro atoms. The SMILES string of the molecule is CC(=O)Nc1ccc(NC(=O)CC[C@@H](C)[C@H]2CC[C@H]3[C@@H]4CC[C@@H]5C[C@H](O)CC[C@]5(C)[C@H]4C[C@H](O)[C@]23C)cc1. The summed E-state index contributed by atoms with van der Waals surface area (Å²) in [5.41, 5.74) is 1.63. The van der Waals surface area contributed by atoms with Crippen LogP contribution in [0.25, 0.3) is 0 Å². The zero-order valence-corrected chi connectivity index (χ0v) is 23.7. The summed E-state index contributed by atoms with van der Waals surface area (Å²) in [6.07, 6.45) is 9.53. The van der Waals surface area contributed by atoms with E-state index in [1.54, 1.807) is 12.1 Å². The van der Waals surface area contributed by atoms with Gasteiger partial charge in [0.2, 0.25) is 11.8 Å². The summed E-state index contributed by atoms with van der Waals surface area (Å²) in [6, 6.07) is 7.21. The zero-order chi connectivity index (χ0) is 27.2. The smallest absolute Gasteiger partial charge is 0.224 e. The molecule has 10 atom stereocenters. The number of anilines is 2. The van der Waals surface area contributed by atoms with E-state index in [-0.39, 0.29) is 34.9 Å². The molecule has 4 aliphatic carbocycles. The predicted molar refractivity (Wildman–Crippen MR) is 150 cm³/mol. The first-order valence-electron chi connectivity index (χ1n) is 15.1. The highest BCUT2D eigenvalue weighted by Gasteiger charge is 2.63. The lowest BCUT2D eigenvalue weighted by molar-refractivity contribution is -0.174. The quantitative estimate of drug-likeness (QED) is 0.367. The van der Waals surface area contributed by atoms with E-state index in [1.165, 1.54) is 26.2 Å². The molecule has 0 aromatic heterocycles. The van der Waals surface area contributed by atoms with Crippen LogP contribution in [0.4, 0.5) is 11.4 Å². The maximum absolute atomic E-state index is 12.8. The average Bonchev–Trinajstić information content (AvgIpc) is 3.23. The molecular weight excluding hydrogens is 476 g/mol. The van der Waals surface area contributed by atoms with E-state index in [9.17, 15) is 19.8 Å². The molecular formula is C32H48N2O4. The minimum atomic E-state index is -0.290. The van der Waals surface area contributed by atoms with Gasteiger partial charge in [0, 0.05) is 24.7 Å². The van der Waals surface area contributed by atoms with Gasteiger partial charge < -0.3 is 20.8 Å². The highest BCUT2D eigenvalue weighted by atomic mass is 16.3. The van der Waals surface area contributed by atoms with E-state index < -0.39 is 0 Å². The number of rotatable bonds is 6. The van der Waals surface area contributed by atoms with Crippen molar-refractivity contribution in [2.45, 2.75) is 104 Å². The Morgan fingerprint density at radius 3 is 2.32 bits per heavy atom. The number of benzene rings is 1. The van der Waals surface area contributed by atoms with Crippen LogP contribution < -0.4 is 10.6 Å². The van der Waals surface area contributed by atoms with Gasteiger partial charge in [-0.3, -0.25) is 9.59 Å². The molecule has 6 heteroatoms. The number of aliphatic hydroxyl groups is 2. The lowest BCUT2D eigenvalue weighted by Gasteiger charge is -2.62. The third-order valence-electron chi connectivity index (χ3n) is 11.8. The van der Waals surface area contributed by atoms with E-state index in [0.717, 1.165) is 44.2 Å². The van der Waals surface area contributed by atoms with Crippen LogP contribution in [0.2, 0.25) is 0 Å². The molecule has 4 fully saturated rings. The normalized spacial score (nSPS) is 40.8. The second kappa shape index (κ2) is 10.6. The van der Waals surface area contributed by atoms with E-state index in [2.05, 4.69) is 31.4 Å². The van der Waals surface area contributed by atoms with Crippen LogP contribution >= 0.6 is 0 Å². The predicted octanol–water partition coefficient (Wildman–Crippen LogP) is 5.99. The Morgan fingerprint density at radius 1 is 0.947 bits per heavy atom. The molecule has 4 aliphatic rings. The van der Waals surface area contributed by atoms with Crippen LogP contribution in [0.1, 0.15) is 91.9 Å². The van der Waals surface area contributed by atoms with Crippen LogP contribution in [0.3, 0.4) is 0 Å². The number of hydrogen-bond acceptors (Lipinski definition) is 4. The minimum Gasteiger partial charge on any atom is -0.393 e. The molecule has 0 saturated heterocycles. The lowest BCUT2D eigenvalue weighted by atomic mass is 9.43. The molecule has 210 valence electrons. The topological polar surface area (TPSA) is 98.7 Å². The summed E-state index contributed by atoms with van der Waals surface area (Å²) in [5.74, 6) is 3.11. The Hall–Kier alpha value is -1.92. The molecule has 0 unspecified atom stereocenters. The van der Waals surface area contributed by atoms with Gasteiger partial charge >= 0.3 is 0 Å². The first-order chi connectivity index (χ1) is 18.0. The Balaban J connectivity index is 1.20. The first-order valence-corrected chi connectivity index (χ1v) is 15.1. The number of amides is 2. The van der Waals surface area contributed by atoms with Crippen molar-refractivity contribution in [3.63, 3.8) is 0 Å². The monoisotopic (exact) mass is 524 g/mol. The van der Waals surface area contributed by atoms with Gasteiger partial charge in [-0.15, -0.1) is 0 Å². The molecule has 0 bridgehead atoms. The van der Waals surface area contributed by atoms with Crippen molar-refractivity contribution in [2.75, 3.05) is 10.6 Å². The van der Waals surface area contributed by atoms with Crippen molar-refractivity contribution < 1.29 is 19.8 Å². The van der Waals surface area contributed by atoms with Gasteiger partial charge in [0.05, 0.1) is 12.2 Å². The number of carbonyl (C=O) groups excluding carboxylic acids is 2. The third-order valence-corrected chi connectivity index (χ3v) is 11.8. The molecule has 4 saturated carbocycles. The molecule has 6 nitrogen and oxygen atoms in total. The Morgan fingerprint density at radius 2 is 1.63 bits per heavy atom. The Labute approximate surface area is 228 Å². The molecule has 38 heavy (non-hydrogen) atoms. The highest BCUT2D eigenvalue weighted by Crippen LogP contribution is 2.68. The van der Waals surface area contributed by atoms with E-state index in [0.29, 0.717) is 47.6 Å². The molecule has 5 rings (SSSR count). The van der Waals surface area contributed by atoms with Gasteiger partial charge in [-0.25, -0.2) is 0 Å². The number of nitrogens with one attached hydrogen (secondary N) is 2. The molecule has 1 aromatic carbocycles. The number of aliphatic hydroxyl groups excluding tert-OH is 2. The maximum atomic E-state index is 12.8. The fourth-order valence-corrected chi connectivity index (χ4v) is 9.78. The summed E-state index contributed by atoms with van der Waals surface area (Å²) in [7, 11) is 0. The van der Waals surface area contributed by atoms with Crippen molar-refractivity contribution in [1.29, 1.82) is 0 Å². The van der Waals surface area contributed by atoms with Gasteiger partial charge in [0.15, 0.2) is 0 Å². The van der Waals surface area contributed by atoms with Crippen LogP contribution in [0.15, 0.2) is 24.3 Å². The van der Waals surface area contributed by atoms with Gasteiger partial charge in [-0.1, -0.05) is 20.8 Å². The van der Waals surface area contributed by atoms with Crippen molar-refractivity contribution in [2.24, 2.45) is 46.3 Å². The van der Waals surface area contributed by atoms with E-state index in [4.69, 9.17) is 0 Å². The fraction of sp³-hybridized carbons (Fsp3) is 0.750. The fourth-order valence-electron chi connectivity index (χ4n) is 9.78. The lowest BCUT2D eigenvalue weighted by Crippen LogP contribution is -2.58. The molecule has 0 heterocycles. The van der Waals surface area contributed by atoms with Crippen molar-refractivity contribution >= 4 is 23.2 Å². The molecule has 2 amide bonds. The third kappa shape index (κ3) is 4.92. The molecule has 1 aromatic rings. The molecule has 0 aliphatic heterocycles. The van der Waals surface area contributed by atoms with Crippen LogP contribution in [0, 0.1) is 46.3 Å². The Bertz CT molecular complexity index is 1030. The van der Waals surface area contributed by atoms with Crippen molar-refractivity contribution in [3.8, 4) is 0 Å². The van der Waals surface area contributed by atoms with Crippen LogP contribution in [0.5, 0.6) is 0 Å². The maximum Gasteiger partial charge on any atom is 0.224 e. The largest absolute Gasteiger partial charge is 0.393 e. The van der Waals surface area contributed by atoms with E-state index >= 15 is 0 Å². The average molecular weight is 525 g/mol. The summed E-state index contributed by atoms with van der Waals surface area (Å²) >= 11 is 0. The zero-order valence-electron chi connectivity index (χ0n) is 23.7. The standard InChI is InChI=1S/C32H48N2O4/c1-19(5-14-30(38)34-23-9-7-22(8-10-23)33-20(2)35)26-12-13-27-25-11-6-21-17-24(36)15-16-31(21,3)28(25)18-29(37)32(26,27)4/h7-10,19,21,24-29,36-37H,5-6,11-18H2,1-4H3,(H,33,35)(H,34,38)/t19-,21-,24-,25+,26-,27+,28+,29+,31+,32-/m1/s1. The van der Waals surface area contributed by atoms with Crippen LogP contribution in [-0.4, -0.2) is 34.2 Å². The first kappa shape index (κ1) is 27.6. The summed E-state index contributed by atoms with van der Waals surface area (Å²) in [4.78, 5) is 24.0. The van der Waals surface area contributed by atoms with Gasteiger partial charge in [0.1, 0.15) is 0 Å². The van der Waals surface area contributed by atoms with Gasteiger partial charge in [0.25, 0.3) is 0 Å². The van der Waals surface area contributed by atoms with Crippen molar-refractivity contribution in [1.82, 2.24) is 0 Å². The van der Waals surface area contributed by atoms with Gasteiger partial charge in [-0.2, -0.15) is 0 Å². The summed E-state index contributed by atoms with van der Waals surface area (Å²) in [6.45, 7) is 8.59. The number of fused-ring (bicyclic) bond motifs is 5.